The molecule has 17 heavy (non-hydrogen) atoms. The average molecular weight is 235 g/mol. The lowest BCUT2D eigenvalue weighted by Gasteiger charge is -2.30. The number of methoxy groups -OCH3 is 1. The van der Waals surface area contributed by atoms with E-state index in [-0.39, 0.29) is 24.7 Å². The van der Waals surface area contributed by atoms with Crippen molar-refractivity contribution in [2.24, 2.45) is 0 Å². The molecule has 1 aliphatic heterocycles. The van der Waals surface area contributed by atoms with Crippen molar-refractivity contribution in [1.82, 2.24) is 5.32 Å². The van der Waals surface area contributed by atoms with E-state index in [2.05, 4.69) is 10.1 Å². The number of ether oxygens (including phenoxy) is 2. The van der Waals surface area contributed by atoms with Crippen LogP contribution < -0.4 is 10.1 Å². The Labute approximate surface area is 101 Å². The first kappa shape index (κ1) is 11.9. The lowest BCUT2D eigenvalue weighted by molar-refractivity contribution is -0.139. The van der Waals surface area contributed by atoms with E-state index in [9.17, 15) is 4.79 Å². The first-order valence-electron chi connectivity index (χ1n) is 5.76. The number of para-hydroxylation sites is 1. The molecule has 0 amide bonds. The number of rotatable bonds is 3. The Hall–Kier alpha value is -1.55. The molecule has 2 rings (SSSR count). The molecule has 0 saturated carbocycles. The topological polar surface area (TPSA) is 47.6 Å². The van der Waals surface area contributed by atoms with Crippen molar-refractivity contribution in [3.8, 4) is 5.75 Å². The first-order chi connectivity index (χ1) is 8.20. The van der Waals surface area contributed by atoms with Crippen molar-refractivity contribution < 1.29 is 14.3 Å². The largest absolute Gasteiger partial charge is 0.490 e. The highest BCUT2D eigenvalue weighted by Crippen LogP contribution is 2.34. The lowest BCUT2D eigenvalue weighted by Crippen LogP contribution is -2.34. The molecule has 4 heteroatoms. The zero-order chi connectivity index (χ0) is 12.3. The van der Waals surface area contributed by atoms with Crippen LogP contribution in [0, 0.1) is 0 Å². The van der Waals surface area contributed by atoms with Gasteiger partial charge in [0.15, 0.2) is 0 Å². The molecule has 0 bridgehead atoms. The predicted octanol–water partition coefficient (Wildman–Crippen LogP) is 1.66. The molecular weight excluding hydrogens is 218 g/mol. The highest BCUT2D eigenvalue weighted by molar-refractivity contribution is 5.71. The van der Waals surface area contributed by atoms with Gasteiger partial charge in [0, 0.05) is 18.0 Å². The molecule has 0 spiro atoms. The second-order valence-corrected chi connectivity index (χ2v) is 4.21. The summed E-state index contributed by atoms with van der Waals surface area (Å²) in [6.45, 7) is 2.25. The first-order valence-corrected chi connectivity index (χ1v) is 5.76. The average Bonchev–Trinajstić information content (AvgIpc) is 2.35. The fourth-order valence-corrected chi connectivity index (χ4v) is 2.07. The minimum Gasteiger partial charge on any atom is -0.490 e. The number of hydrogen-bond acceptors (Lipinski definition) is 4. The molecular formula is C13H17NO3. The summed E-state index contributed by atoms with van der Waals surface area (Å²) >= 11 is 0. The quantitative estimate of drug-likeness (QED) is 0.809. The maximum Gasteiger partial charge on any atom is 0.319 e. The summed E-state index contributed by atoms with van der Waals surface area (Å²) < 4.78 is 10.4. The van der Waals surface area contributed by atoms with Crippen molar-refractivity contribution in [1.29, 1.82) is 0 Å². The van der Waals surface area contributed by atoms with Crippen LogP contribution in [0.4, 0.5) is 0 Å². The van der Waals surface area contributed by atoms with E-state index in [0.717, 1.165) is 17.7 Å². The van der Waals surface area contributed by atoms with Crippen molar-refractivity contribution in [3.05, 3.63) is 29.8 Å². The van der Waals surface area contributed by atoms with Gasteiger partial charge in [-0.3, -0.25) is 10.1 Å². The second-order valence-electron chi connectivity index (χ2n) is 4.21. The molecule has 0 radical (unpaired) electrons. The van der Waals surface area contributed by atoms with Gasteiger partial charge in [-0.15, -0.1) is 0 Å². The van der Waals surface area contributed by atoms with Crippen LogP contribution in [0.2, 0.25) is 0 Å². The smallest absolute Gasteiger partial charge is 0.319 e. The van der Waals surface area contributed by atoms with Gasteiger partial charge in [0.25, 0.3) is 0 Å². The Morgan fingerprint density at radius 2 is 2.29 bits per heavy atom. The maximum absolute atomic E-state index is 11.1. The summed E-state index contributed by atoms with van der Waals surface area (Å²) in [5, 5.41) is 3.20. The van der Waals surface area contributed by atoms with Gasteiger partial charge in [0.2, 0.25) is 0 Å². The monoisotopic (exact) mass is 235 g/mol. The summed E-state index contributed by atoms with van der Waals surface area (Å²) in [6, 6.07) is 8.06. The third-order valence-electron chi connectivity index (χ3n) is 2.91. The number of carbonyl (C=O) groups is 1. The van der Waals surface area contributed by atoms with E-state index in [1.807, 2.05) is 31.2 Å². The standard InChI is InChI=1S/C13H17NO3/c1-9-7-11(14-8-13(15)16-2)10-5-3-4-6-12(10)17-9/h3-6,9,11,14H,7-8H2,1-2H3. The molecule has 0 fully saturated rings. The lowest BCUT2D eigenvalue weighted by atomic mass is 9.97. The summed E-state index contributed by atoms with van der Waals surface area (Å²) in [4.78, 5) is 11.1. The van der Waals surface area contributed by atoms with Crippen molar-refractivity contribution in [2.75, 3.05) is 13.7 Å². The van der Waals surface area contributed by atoms with E-state index in [0.29, 0.717) is 0 Å². The number of nitrogens with one attached hydrogen (secondary N) is 1. The molecule has 2 unspecified atom stereocenters. The number of hydrogen-bond donors (Lipinski definition) is 1. The molecule has 1 aromatic rings. The maximum atomic E-state index is 11.1. The zero-order valence-electron chi connectivity index (χ0n) is 10.1. The normalized spacial score (nSPS) is 22.5. The number of carbonyl (C=O) groups excluding carboxylic acids is 1. The van der Waals surface area contributed by atoms with E-state index in [4.69, 9.17) is 4.74 Å². The van der Waals surface area contributed by atoms with Gasteiger partial charge >= 0.3 is 5.97 Å². The Morgan fingerprint density at radius 1 is 1.53 bits per heavy atom. The minimum atomic E-state index is -0.248. The Balaban J connectivity index is 2.10. The third-order valence-corrected chi connectivity index (χ3v) is 2.91. The number of esters is 1. The highest BCUT2D eigenvalue weighted by Gasteiger charge is 2.25. The summed E-state index contributed by atoms with van der Waals surface area (Å²) in [7, 11) is 1.39. The highest BCUT2D eigenvalue weighted by atomic mass is 16.5. The van der Waals surface area contributed by atoms with Gasteiger partial charge in [0.1, 0.15) is 5.75 Å². The number of fused-ring (bicyclic) bond motifs is 1. The van der Waals surface area contributed by atoms with E-state index in [1.165, 1.54) is 7.11 Å². The van der Waals surface area contributed by atoms with Gasteiger partial charge in [-0.05, 0) is 13.0 Å². The minimum absolute atomic E-state index is 0.147. The molecule has 0 aliphatic carbocycles. The van der Waals surface area contributed by atoms with Crippen LogP contribution in [-0.2, 0) is 9.53 Å². The molecule has 0 saturated heterocycles. The molecule has 1 aromatic carbocycles. The van der Waals surface area contributed by atoms with Crippen LogP contribution in [0.1, 0.15) is 24.9 Å². The second kappa shape index (κ2) is 5.19. The van der Waals surface area contributed by atoms with Crippen LogP contribution in [0.25, 0.3) is 0 Å². The SMILES string of the molecule is COC(=O)CNC1CC(C)Oc2ccccc21. The fourth-order valence-electron chi connectivity index (χ4n) is 2.07. The van der Waals surface area contributed by atoms with Crippen LogP contribution in [0.15, 0.2) is 24.3 Å². The Morgan fingerprint density at radius 3 is 3.06 bits per heavy atom. The summed E-state index contributed by atoms with van der Waals surface area (Å²) in [6.07, 6.45) is 1.01. The molecule has 2 atom stereocenters. The molecule has 0 aromatic heterocycles. The van der Waals surface area contributed by atoms with Gasteiger partial charge in [0.05, 0.1) is 19.8 Å². The van der Waals surface area contributed by atoms with E-state index in [1.54, 1.807) is 0 Å². The van der Waals surface area contributed by atoms with Crippen molar-refractivity contribution in [3.63, 3.8) is 0 Å². The van der Waals surface area contributed by atoms with Crippen LogP contribution >= 0.6 is 0 Å². The molecule has 1 N–H and O–H groups in total. The van der Waals surface area contributed by atoms with Crippen LogP contribution in [0.5, 0.6) is 5.75 Å². The zero-order valence-corrected chi connectivity index (χ0v) is 10.1. The van der Waals surface area contributed by atoms with Crippen LogP contribution in [0.3, 0.4) is 0 Å². The molecule has 1 heterocycles. The molecule has 92 valence electrons. The van der Waals surface area contributed by atoms with Gasteiger partial charge < -0.3 is 9.47 Å². The third kappa shape index (κ3) is 2.77. The van der Waals surface area contributed by atoms with Gasteiger partial charge in [-0.25, -0.2) is 0 Å². The van der Waals surface area contributed by atoms with E-state index < -0.39 is 0 Å². The van der Waals surface area contributed by atoms with Crippen LogP contribution in [-0.4, -0.2) is 25.7 Å². The van der Waals surface area contributed by atoms with Crippen molar-refractivity contribution in [2.45, 2.75) is 25.5 Å². The number of benzene rings is 1. The summed E-state index contributed by atoms with van der Waals surface area (Å²) in [5.74, 6) is 0.648. The molecule has 1 aliphatic rings. The van der Waals surface area contributed by atoms with E-state index >= 15 is 0 Å². The van der Waals surface area contributed by atoms with Gasteiger partial charge in [-0.2, -0.15) is 0 Å². The Bertz CT molecular complexity index is 405. The Kier molecular flexibility index (Phi) is 3.64. The molecule has 4 nitrogen and oxygen atoms in total. The van der Waals surface area contributed by atoms with Crippen molar-refractivity contribution >= 4 is 5.97 Å². The fraction of sp³-hybridized carbons (Fsp3) is 0.462. The predicted molar refractivity (Wildman–Crippen MR) is 63.9 cm³/mol. The summed E-state index contributed by atoms with van der Waals surface area (Å²) in [5.41, 5.74) is 1.11. The van der Waals surface area contributed by atoms with Gasteiger partial charge in [-0.1, -0.05) is 18.2 Å².